The quantitative estimate of drug-likeness (QED) is 0.346. The van der Waals surface area contributed by atoms with Crippen molar-refractivity contribution >= 4 is 39.1 Å². The molecule has 0 amide bonds. The van der Waals surface area contributed by atoms with E-state index in [1.54, 1.807) is 30.9 Å². The molecule has 0 saturated carbocycles. The van der Waals surface area contributed by atoms with E-state index in [0.29, 0.717) is 5.65 Å². The number of aromatic amines is 2. The lowest BCUT2D eigenvalue weighted by Gasteiger charge is -2.37. The Bertz CT molecular complexity index is 1710. The number of nitrogens with one attached hydrogen (secondary N) is 2. The van der Waals surface area contributed by atoms with Crippen molar-refractivity contribution in [3.63, 3.8) is 0 Å². The molecule has 1 saturated heterocycles. The number of thiophene rings is 1. The minimum Gasteiger partial charge on any atom is -0.353 e. The van der Waals surface area contributed by atoms with E-state index in [2.05, 4.69) is 35.0 Å². The third kappa shape index (κ3) is 3.35. The molecule has 7 heterocycles. The topological polar surface area (TPSA) is 125 Å². The summed E-state index contributed by atoms with van der Waals surface area (Å²) >= 11 is 1.08. The van der Waals surface area contributed by atoms with Crippen molar-refractivity contribution < 1.29 is 4.39 Å². The van der Waals surface area contributed by atoms with E-state index in [1.807, 2.05) is 18.2 Å². The highest BCUT2D eigenvalue weighted by atomic mass is 32.1. The van der Waals surface area contributed by atoms with E-state index in [4.69, 9.17) is 10.7 Å². The van der Waals surface area contributed by atoms with Gasteiger partial charge in [-0.1, -0.05) is 0 Å². The van der Waals surface area contributed by atoms with Crippen LogP contribution in [0, 0.1) is 5.13 Å². The zero-order valence-electron chi connectivity index (χ0n) is 18.2. The van der Waals surface area contributed by atoms with Gasteiger partial charge in [0.15, 0.2) is 10.8 Å². The van der Waals surface area contributed by atoms with E-state index in [-0.39, 0.29) is 11.2 Å². The fourth-order valence-corrected chi connectivity index (χ4v) is 5.16. The number of rotatable bonds is 4. The molecule has 0 unspecified atom stereocenters. The summed E-state index contributed by atoms with van der Waals surface area (Å²) < 4.78 is 13.6. The highest BCUT2D eigenvalue weighted by Gasteiger charge is 2.25. The van der Waals surface area contributed by atoms with Crippen molar-refractivity contribution in [3.05, 3.63) is 60.3 Å². The monoisotopic (exact) mass is 483 g/mol. The van der Waals surface area contributed by atoms with Gasteiger partial charge in [-0.2, -0.15) is 9.49 Å². The largest absolute Gasteiger partial charge is 0.353 e. The standard InChI is InChI=1S/C24H18FN9S/c25-20-2-1-19(35-20)23-14-6-17(30-16(14)3-4-28-23)22-15-5-12(7-29-24(15)33-32-22)18-8-27-9-21(31-18)34-10-13(26)11-34/h1-9,13,30H,10-11,26H2,(H,29,32,33). The third-order valence-corrected chi connectivity index (χ3v) is 7.07. The summed E-state index contributed by atoms with van der Waals surface area (Å²) in [7, 11) is 0. The Labute approximate surface area is 201 Å². The van der Waals surface area contributed by atoms with Crippen LogP contribution in [0.4, 0.5) is 10.2 Å². The average molecular weight is 484 g/mol. The summed E-state index contributed by atoms with van der Waals surface area (Å²) in [5, 5.41) is 9.01. The molecule has 0 spiro atoms. The molecular formula is C24H18FN9S. The molecular weight excluding hydrogens is 465 g/mol. The molecule has 35 heavy (non-hydrogen) atoms. The summed E-state index contributed by atoms with van der Waals surface area (Å²) in [6.45, 7) is 1.55. The highest BCUT2D eigenvalue weighted by Crippen LogP contribution is 2.35. The minimum absolute atomic E-state index is 0.179. The summed E-state index contributed by atoms with van der Waals surface area (Å²) in [6.07, 6.45) is 6.95. The first-order chi connectivity index (χ1) is 17.1. The molecule has 11 heteroatoms. The zero-order chi connectivity index (χ0) is 23.5. The molecule has 7 rings (SSSR count). The van der Waals surface area contributed by atoms with Crippen LogP contribution in [-0.2, 0) is 0 Å². The minimum atomic E-state index is -0.239. The smallest absolute Gasteiger partial charge is 0.181 e. The van der Waals surface area contributed by atoms with Crippen LogP contribution >= 0.6 is 11.3 Å². The van der Waals surface area contributed by atoms with Crippen LogP contribution in [0.25, 0.3) is 55.2 Å². The summed E-state index contributed by atoms with van der Waals surface area (Å²) in [5.74, 6) is 0.803. The fraction of sp³-hybridized carbons (Fsp3) is 0.125. The molecule has 1 fully saturated rings. The van der Waals surface area contributed by atoms with Gasteiger partial charge in [-0.15, -0.1) is 11.3 Å². The van der Waals surface area contributed by atoms with Gasteiger partial charge in [-0.3, -0.25) is 15.1 Å². The number of anilines is 1. The molecule has 0 aliphatic carbocycles. The second-order valence-corrected chi connectivity index (χ2v) is 9.56. The van der Waals surface area contributed by atoms with E-state index in [9.17, 15) is 4.39 Å². The predicted octanol–water partition coefficient (Wildman–Crippen LogP) is 3.97. The molecule has 6 aromatic heterocycles. The number of hydrogen-bond donors (Lipinski definition) is 3. The van der Waals surface area contributed by atoms with Crippen LogP contribution in [0.1, 0.15) is 0 Å². The van der Waals surface area contributed by atoms with Crippen LogP contribution in [0.5, 0.6) is 0 Å². The lowest BCUT2D eigenvalue weighted by Crippen LogP contribution is -2.56. The summed E-state index contributed by atoms with van der Waals surface area (Å²) in [6, 6.07) is 9.30. The van der Waals surface area contributed by atoms with E-state index in [1.165, 1.54) is 6.07 Å². The second-order valence-electron chi connectivity index (χ2n) is 8.53. The van der Waals surface area contributed by atoms with Gasteiger partial charge in [0.25, 0.3) is 0 Å². The van der Waals surface area contributed by atoms with Gasteiger partial charge in [0.05, 0.1) is 40.0 Å². The molecule has 172 valence electrons. The number of nitrogens with zero attached hydrogens (tertiary/aromatic N) is 6. The summed E-state index contributed by atoms with van der Waals surface area (Å²) in [5.41, 5.74) is 11.3. The van der Waals surface area contributed by atoms with E-state index >= 15 is 0 Å². The van der Waals surface area contributed by atoms with Crippen LogP contribution in [0.2, 0.25) is 0 Å². The Morgan fingerprint density at radius 3 is 2.80 bits per heavy atom. The molecule has 9 nitrogen and oxygen atoms in total. The van der Waals surface area contributed by atoms with Gasteiger partial charge in [-0.25, -0.2) is 9.97 Å². The van der Waals surface area contributed by atoms with Gasteiger partial charge < -0.3 is 15.6 Å². The molecule has 4 N–H and O–H groups in total. The second kappa shape index (κ2) is 7.65. The number of fused-ring (bicyclic) bond motifs is 2. The molecule has 0 bridgehead atoms. The SMILES string of the molecule is NC1CN(c2cncc(-c3cnc4n[nH]c(-c5cc6c(-c7ccc(F)s7)nccc6[nH]5)c4c3)n2)C1. The first kappa shape index (κ1) is 20.2. The van der Waals surface area contributed by atoms with Gasteiger partial charge in [-0.05, 0) is 30.3 Å². The van der Waals surface area contributed by atoms with Crippen LogP contribution < -0.4 is 10.6 Å². The number of aromatic nitrogens is 7. The molecule has 1 aliphatic rings. The number of pyridine rings is 2. The van der Waals surface area contributed by atoms with Crippen molar-refractivity contribution in [2.45, 2.75) is 6.04 Å². The Kier molecular flexibility index (Phi) is 4.41. The van der Waals surface area contributed by atoms with Crippen molar-refractivity contribution in [2.24, 2.45) is 5.73 Å². The van der Waals surface area contributed by atoms with E-state index < -0.39 is 0 Å². The maximum absolute atomic E-state index is 13.6. The van der Waals surface area contributed by atoms with E-state index in [0.717, 1.165) is 79.7 Å². The van der Waals surface area contributed by atoms with Crippen LogP contribution in [-0.4, -0.2) is 54.2 Å². The maximum Gasteiger partial charge on any atom is 0.181 e. The van der Waals surface area contributed by atoms with Gasteiger partial charge >= 0.3 is 0 Å². The lowest BCUT2D eigenvalue weighted by atomic mass is 10.1. The number of hydrogen-bond acceptors (Lipinski definition) is 8. The van der Waals surface area contributed by atoms with Crippen molar-refractivity contribution in [3.8, 4) is 33.2 Å². The Hall–Kier alpha value is -4.22. The summed E-state index contributed by atoms with van der Waals surface area (Å²) in [4.78, 5) is 24.5. The zero-order valence-corrected chi connectivity index (χ0v) is 19.1. The third-order valence-electron chi connectivity index (χ3n) is 6.19. The molecule has 0 radical (unpaired) electrons. The number of nitrogens with two attached hydrogens (primary N) is 1. The normalized spacial score (nSPS) is 14.2. The maximum atomic E-state index is 13.6. The van der Waals surface area contributed by atoms with Gasteiger partial charge in [0, 0.05) is 53.4 Å². The van der Waals surface area contributed by atoms with Gasteiger partial charge in [0.1, 0.15) is 5.82 Å². The lowest BCUT2D eigenvalue weighted by molar-refractivity contribution is 0.514. The predicted molar refractivity (Wildman–Crippen MR) is 133 cm³/mol. The first-order valence-corrected chi connectivity index (χ1v) is 11.8. The van der Waals surface area contributed by atoms with Crippen molar-refractivity contribution in [2.75, 3.05) is 18.0 Å². The van der Waals surface area contributed by atoms with Crippen LogP contribution in [0.15, 0.2) is 55.1 Å². The fourth-order valence-electron chi connectivity index (χ4n) is 4.42. The highest BCUT2D eigenvalue weighted by molar-refractivity contribution is 7.13. The number of H-pyrrole nitrogens is 2. The Morgan fingerprint density at radius 2 is 1.97 bits per heavy atom. The number of halogens is 1. The van der Waals surface area contributed by atoms with Crippen molar-refractivity contribution in [1.29, 1.82) is 0 Å². The first-order valence-electron chi connectivity index (χ1n) is 11.0. The molecule has 6 aromatic rings. The van der Waals surface area contributed by atoms with Crippen molar-refractivity contribution in [1.82, 2.24) is 35.1 Å². The molecule has 1 aliphatic heterocycles. The Balaban J connectivity index is 1.31. The Morgan fingerprint density at radius 1 is 1.06 bits per heavy atom. The molecule has 0 atom stereocenters. The van der Waals surface area contributed by atoms with Gasteiger partial charge in [0.2, 0.25) is 0 Å². The molecule has 0 aromatic carbocycles. The average Bonchev–Trinajstić information content (AvgIpc) is 3.59. The van der Waals surface area contributed by atoms with Crippen LogP contribution in [0.3, 0.4) is 0 Å².